The molecule has 0 spiro atoms. The van der Waals surface area contributed by atoms with Crippen molar-refractivity contribution in [2.45, 2.75) is 0 Å². The van der Waals surface area contributed by atoms with Gasteiger partial charge in [-0.3, -0.25) is 0 Å². The Labute approximate surface area is 668 Å². The Balaban J connectivity index is 0.886. The summed E-state index contributed by atoms with van der Waals surface area (Å²) in [6.45, 7) is -0.316. The number of hydrogen-bond acceptors (Lipinski definition) is 3. The van der Waals surface area contributed by atoms with E-state index < -0.39 is 0 Å². The van der Waals surface area contributed by atoms with Crippen LogP contribution in [0.15, 0.2) is 431 Å². The van der Waals surface area contributed by atoms with Crippen LogP contribution in [-0.4, -0.2) is 11.3 Å². The molecule has 115 heavy (non-hydrogen) atoms. The topological polar surface area (TPSA) is 14.7 Å². The Hall–Kier alpha value is -15.0. The predicted molar refractivity (Wildman–Crippen MR) is 489 cm³/mol. The third kappa shape index (κ3) is 10.7. The van der Waals surface area contributed by atoms with E-state index in [1.54, 1.807) is 0 Å². The van der Waals surface area contributed by atoms with Gasteiger partial charge in [-0.05, 0) is 194 Å². The molecule has 0 saturated heterocycles. The van der Waals surface area contributed by atoms with Gasteiger partial charge in [0.2, 0.25) is 0 Å². The zero-order chi connectivity index (χ0) is 75.6. The second kappa shape index (κ2) is 26.9. The van der Waals surface area contributed by atoms with Gasteiger partial charge in [-0.2, -0.15) is 0 Å². The Bertz CT molecular complexity index is 7120. The lowest BCUT2D eigenvalue weighted by molar-refractivity contribution is 1.17. The lowest BCUT2D eigenvalue weighted by Gasteiger charge is -2.46. The third-order valence-corrected chi connectivity index (χ3v) is 24.3. The Morgan fingerprint density at radius 1 is 0.209 bits per heavy atom. The number of para-hydroxylation sites is 4. The van der Waals surface area contributed by atoms with E-state index in [1.165, 1.54) is 70.3 Å². The van der Waals surface area contributed by atoms with Crippen molar-refractivity contribution in [3.63, 3.8) is 0 Å². The van der Waals surface area contributed by atoms with E-state index in [-0.39, 0.29) is 6.71 Å². The van der Waals surface area contributed by atoms with E-state index in [9.17, 15) is 0 Å². The Morgan fingerprint density at radius 3 is 1.03 bits per heavy atom. The highest BCUT2D eigenvalue weighted by atomic mass is 15.2. The molecule has 4 nitrogen and oxygen atoms in total. The number of aromatic nitrogens is 1. The van der Waals surface area contributed by atoms with Gasteiger partial charge in [0, 0.05) is 72.8 Å². The second-order valence-corrected chi connectivity index (χ2v) is 30.6. The van der Waals surface area contributed by atoms with Gasteiger partial charge in [-0.1, -0.05) is 352 Å². The number of benzene rings is 20. The van der Waals surface area contributed by atoms with E-state index >= 15 is 0 Å². The molecule has 0 atom stereocenters. The SMILES string of the molecule is c1ccc(-c2ccc(N(c3ccc(-c4ccccc4)cc3)c3cc4c5c(c3)N(c3c(-c6ccccc6)cccc3-c3ccccc3)c3cc(-n6c7ccccc7c7ccccc76)ccc3B5c3ccc(-c5cc6cccc7c8cccc9cccc(c(c5)c67)c98)cc3N4c3c(-c4ccccc4)cccc3-c3ccccc3)cc2)cc1. The minimum Gasteiger partial charge on any atom is -0.310 e. The monoisotopic (exact) mass is 1460 g/mol. The summed E-state index contributed by atoms with van der Waals surface area (Å²) in [4.78, 5) is 7.91. The molecular weight excluding hydrogens is 1390 g/mol. The van der Waals surface area contributed by atoms with Crippen molar-refractivity contribution < 1.29 is 0 Å². The molecular formula is C110H71BN4. The molecule has 0 radical (unpaired) electrons. The first kappa shape index (κ1) is 65.8. The summed E-state index contributed by atoms with van der Waals surface area (Å²) >= 11 is 0. The fourth-order valence-corrected chi connectivity index (χ4v) is 19.2. The molecule has 20 aromatic carbocycles. The molecule has 0 bridgehead atoms. The van der Waals surface area contributed by atoms with Crippen LogP contribution in [-0.2, 0) is 0 Å². The minimum atomic E-state index is -0.316. The van der Waals surface area contributed by atoms with Crippen molar-refractivity contribution in [3.05, 3.63) is 431 Å². The van der Waals surface area contributed by atoms with Crippen LogP contribution in [0.2, 0.25) is 0 Å². The van der Waals surface area contributed by atoms with E-state index in [0.29, 0.717) is 0 Å². The third-order valence-electron chi connectivity index (χ3n) is 24.3. The number of nitrogens with zero attached hydrogens (tertiary/aromatic N) is 4. The van der Waals surface area contributed by atoms with E-state index in [1.807, 2.05) is 0 Å². The van der Waals surface area contributed by atoms with E-state index in [4.69, 9.17) is 0 Å². The first-order chi connectivity index (χ1) is 57.1. The lowest BCUT2D eigenvalue weighted by Crippen LogP contribution is -2.61. The first-order valence-electron chi connectivity index (χ1n) is 39.8. The van der Waals surface area contributed by atoms with Crippen molar-refractivity contribution in [2.75, 3.05) is 14.7 Å². The van der Waals surface area contributed by atoms with Gasteiger partial charge in [0.05, 0.1) is 28.1 Å². The van der Waals surface area contributed by atoms with Gasteiger partial charge in [-0.25, -0.2) is 0 Å². The van der Waals surface area contributed by atoms with Crippen molar-refractivity contribution in [2.24, 2.45) is 0 Å². The average molecular weight is 1460 g/mol. The number of rotatable bonds is 13. The summed E-state index contributed by atoms with van der Waals surface area (Å²) in [5.74, 6) is 0. The molecule has 2 aliphatic heterocycles. The zero-order valence-electron chi connectivity index (χ0n) is 62.9. The van der Waals surface area contributed by atoms with Crippen LogP contribution >= 0.6 is 0 Å². The van der Waals surface area contributed by atoms with Gasteiger partial charge in [0.15, 0.2) is 0 Å². The largest absolute Gasteiger partial charge is 0.310 e. The smallest absolute Gasteiger partial charge is 0.252 e. The van der Waals surface area contributed by atoms with E-state index in [2.05, 4.69) is 450 Å². The molecule has 21 aromatic rings. The highest BCUT2D eigenvalue weighted by Gasteiger charge is 2.46. The predicted octanol–water partition coefficient (Wildman–Crippen LogP) is 28.1. The first-order valence-corrected chi connectivity index (χ1v) is 39.8. The number of hydrogen-bond donors (Lipinski definition) is 0. The molecule has 0 unspecified atom stereocenters. The normalized spacial score (nSPS) is 12.3. The summed E-state index contributed by atoms with van der Waals surface area (Å²) in [6, 6.07) is 161. The van der Waals surface area contributed by atoms with Crippen molar-refractivity contribution in [3.8, 4) is 83.6 Å². The van der Waals surface area contributed by atoms with Crippen LogP contribution in [0, 0.1) is 0 Å². The lowest BCUT2D eigenvalue weighted by atomic mass is 9.33. The summed E-state index contributed by atoms with van der Waals surface area (Å²) < 4.78 is 2.50. The summed E-state index contributed by atoms with van der Waals surface area (Å²) in [7, 11) is 0. The molecule has 0 amide bonds. The molecule has 3 heterocycles. The van der Waals surface area contributed by atoms with Crippen LogP contribution in [0.25, 0.3) is 148 Å². The average Bonchev–Trinajstić information content (AvgIpc) is 0.884. The van der Waals surface area contributed by atoms with Crippen molar-refractivity contribution in [1.29, 1.82) is 0 Å². The molecule has 0 N–H and O–H groups in total. The van der Waals surface area contributed by atoms with Crippen LogP contribution in [0.1, 0.15) is 0 Å². The molecule has 0 fully saturated rings. The zero-order valence-corrected chi connectivity index (χ0v) is 62.9. The summed E-state index contributed by atoms with van der Waals surface area (Å²) in [5.41, 5.74) is 32.2. The number of fused-ring (bicyclic) bond motifs is 9. The van der Waals surface area contributed by atoms with Gasteiger partial charge in [0.25, 0.3) is 6.71 Å². The van der Waals surface area contributed by atoms with Crippen LogP contribution in [0.3, 0.4) is 0 Å². The maximum absolute atomic E-state index is 2.70. The fraction of sp³-hybridized carbons (Fsp3) is 0. The second-order valence-electron chi connectivity index (χ2n) is 30.6. The fourth-order valence-electron chi connectivity index (χ4n) is 19.2. The standard InChI is InChI=1S/C110H71BN4/c1-7-28-72(29-8-1)74-54-59-84(60-55-74)112(85-61-56-75(57-62-85)73-30-9-2-10-31-73)87-70-104-108-105(71-87)115(110-90(78-36-15-5-16-37-78)47-27-48-91(110)79-38-17-6-18-39-79)103-69-86(113-100-52-21-19-43-92(100)93-44-20-22-53-101(93)113)63-65-99(103)111(108)98-64-58-81(83-66-82-42-25-50-95-94-49-23-40-80-41-24-51-96(106(80)94)97(67-83)107(82)95)68-102(98)114(104)109-88(76-32-11-3-12-33-76)45-26-46-89(109)77-34-13-4-14-35-77/h1-71H. The van der Waals surface area contributed by atoms with Crippen LogP contribution in [0.5, 0.6) is 0 Å². The summed E-state index contributed by atoms with van der Waals surface area (Å²) in [6.07, 6.45) is 0. The van der Waals surface area contributed by atoms with Crippen molar-refractivity contribution in [1.82, 2.24) is 4.57 Å². The Kier molecular flexibility index (Phi) is 15.4. The minimum absolute atomic E-state index is 0.316. The van der Waals surface area contributed by atoms with Gasteiger partial charge >= 0.3 is 0 Å². The molecule has 1 aromatic heterocycles. The van der Waals surface area contributed by atoms with Crippen molar-refractivity contribution >= 4 is 139 Å². The highest BCUT2D eigenvalue weighted by molar-refractivity contribution is 7.00. The molecule has 5 heteroatoms. The highest BCUT2D eigenvalue weighted by Crippen LogP contribution is 2.56. The molecule has 0 saturated carbocycles. The molecule has 23 rings (SSSR count). The number of anilines is 9. The molecule has 0 aliphatic carbocycles. The molecule has 534 valence electrons. The summed E-state index contributed by atoms with van der Waals surface area (Å²) in [5, 5.41) is 12.5. The van der Waals surface area contributed by atoms with E-state index in [0.717, 1.165) is 146 Å². The quantitative estimate of drug-likeness (QED) is 0.0650. The van der Waals surface area contributed by atoms with Gasteiger partial charge in [0.1, 0.15) is 0 Å². The molecule has 2 aliphatic rings. The van der Waals surface area contributed by atoms with Crippen LogP contribution < -0.4 is 31.1 Å². The maximum Gasteiger partial charge on any atom is 0.252 e. The Morgan fingerprint density at radius 2 is 0.565 bits per heavy atom. The van der Waals surface area contributed by atoms with Gasteiger partial charge < -0.3 is 19.3 Å². The maximum atomic E-state index is 2.70. The van der Waals surface area contributed by atoms with Gasteiger partial charge in [-0.15, -0.1) is 0 Å². The van der Waals surface area contributed by atoms with Crippen LogP contribution in [0.4, 0.5) is 51.2 Å².